The van der Waals surface area contributed by atoms with Gasteiger partial charge in [-0.2, -0.15) is 0 Å². The Bertz CT molecular complexity index is 2700. The maximum absolute atomic E-state index is 14.4. The van der Waals surface area contributed by atoms with Crippen molar-refractivity contribution in [1.29, 1.82) is 0 Å². The molecule has 0 bridgehead atoms. The number of carbonyl (C=O) groups excluding carboxylic acids is 6. The fourth-order valence-corrected chi connectivity index (χ4v) is 12.9. The van der Waals surface area contributed by atoms with Crippen LogP contribution < -0.4 is 84.1 Å². The number of nitrogens with two attached hydrogens (primary N) is 6. The van der Waals surface area contributed by atoms with Crippen molar-refractivity contribution in [3.8, 4) is 34.5 Å². The number of likely N-dealkylation sites (tertiary alicyclic amines) is 2. The Balaban J connectivity index is 0.980. The monoisotopic (exact) mass is 1310 g/mol. The molecule has 2 aliphatic heterocycles. The van der Waals surface area contributed by atoms with Gasteiger partial charge in [-0.1, -0.05) is 0 Å². The molecule has 0 spiro atoms. The van der Waals surface area contributed by atoms with Gasteiger partial charge in [-0.25, -0.2) is 0 Å². The number of benzene rings is 3. The molecule has 3 aromatic carbocycles. The molecule has 16 N–H and O–H groups in total. The lowest BCUT2D eigenvalue weighted by molar-refractivity contribution is 0.0680. The van der Waals surface area contributed by atoms with Gasteiger partial charge in [0.1, 0.15) is 34.5 Å². The molecule has 0 unspecified atom stereocenters. The van der Waals surface area contributed by atoms with Crippen LogP contribution in [0.4, 0.5) is 0 Å². The molecule has 2 saturated carbocycles. The van der Waals surface area contributed by atoms with Gasteiger partial charge in [0, 0.05) is 68.5 Å². The van der Waals surface area contributed by atoms with E-state index in [0.29, 0.717) is 189 Å². The summed E-state index contributed by atoms with van der Waals surface area (Å²) in [5.74, 6) is 0.525. The highest BCUT2D eigenvalue weighted by molar-refractivity contribution is 6.05. The third-order valence-corrected chi connectivity index (χ3v) is 18.8. The van der Waals surface area contributed by atoms with Crippen molar-refractivity contribution in [2.75, 3.05) is 106 Å². The van der Waals surface area contributed by atoms with Gasteiger partial charge in [-0.15, -0.1) is 0 Å². The van der Waals surface area contributed by atoms with Crippen LogP contribution in [0, 0.1) is 11.8 Å². The summed E-state index contributed by atoms with van der Waals surface area (Å²) < 4.78 is 36.6. The van der Waals surface area contributed by atoms with Gasteiger partial charge < -0.3 is 93.9 Å². The van der Waals surface area contributed by atoms with E-state index in [2.05, 4.69) is 21.3 Å². The lowest BCUT2D eigenvalue weighted by Gasteiger charge is -2.32. The van der Waals surface area contributed by atoms with E-state index in [4.69, 9.17) is 62.8 Å². The van der Waals surface area contributed by atoms with E-state index in [-0.39, 0.29) is 81.5 Å². The first-order valence-corrected chi connectivity index (χ1v) is 34.9. The Labute approximate surface area is 556 Å². The number of carbonyl (C=O) groups is 6. The predicted molar refractivity (Wildman–Crippen MR) is 363 cm³/mol. The number of hydrogen-bond acceptors (Lipinski definition) is 18. The van der Waals surface area contributed by atoms with Crippen LogP contribution >= 0.6 is 0 Å². The number of unbranched alkanes of at least 4 members (excludes halogenated alkanes) is 8. The summed E-state index contributed by atoms with van der Waals surface area (Å²) >= 11 is 0. The molecule has 2 saturated heterocycles. The molecule has 2 heterocycles. The second-order valence-corrected chi connectivity index (χ2v) is 25.7. The zero-order chi connectivity index (χ0) is 67.2. The van der Waals surface area contributed by atoms with Crippen molar-refractivity contribution in [2.45, 2.75) is 178 Å². The molecule has 24 nitrogen and oxygen atoms in total. The fourth-order valence-electron chi connectivity index (χ4n) is 12.9. The van der Waals surface area contributed by atoms with Gasteiger partial charge in [0.15, 0.2) is 0 Å². The minimum absolute atomic E-state index is 0.157. The number of hydrogen-bond donors (Lipinski definition) is 10. The minimum atomic E-state index is -0.430. The van der Waals surface area contributed by atoms with E-state index >= 15 is 0 Å². The maximum Gasteiger partial charge on any atom is 0.257 e. The van der Waals surface area contributed by atoms with Crippen LogP contribution in [0.25, 0.3) is 0 Å². The van der Waals surface area contributed by atoms with Gasteiger partial charge >= 0.3 is 0 Å². The Morgan fingerprint density at radius 1 is 0.340 bits per heavy atom. The van der Waals surface area contributed by atoms with Crippen LogP contribution in [0.2, 0.25) is 0 Å². The van der Waals surface area contributed by atoms with Gasteiger partial charge in [0.05, 0.1) is 74.0 Å². The molecule has 0 atom stereocenters. The molecule has 4 fully saturated rings. The third kappa shape index (κ3) is 22.1. The molecular formula is C70H110N12O12. The van der Waals surface area contributed by atoms with Gasteiger partial charge in [-0.3, -0.25) is 28.8 Å². The molecule has 0 aromatic heterocycles. The number of amides is 6. The van der Waals surface area contributed by atoms with Crippen LogP contribution in [0.5, 0.6) is 34.5 Å². The number of piperidine rings is 2. The Hall–Kier alpha value is -6.96. The zero-order valence-electron chi connectivity index (χ0n) is 56.1. The standard InChI is InChI=1S/C70H110N12O12/c1-89-59-42-60(90-2)54(66(84)78-50-17-21-52(22-18-50)80-68(86)56-41-58(70(88)82-33-25-48(46-76)26-34-82)64(94-38-14-6-10-30-74)44-62(56)92-36-12-4-8-28-72)39-53(59)65(83)77-49-15-19-51(20-16-49)79-67(85)55-40-57(69(87)81-31-23-47(45-75)24-32-81)63(93-37-13-5-9-29-73)43-61(55)91-35-11-3-7-27-71/h39-44,47-52H,3-38,45-46,71-76H2,1-2H3,(H,77,83)(H,78,84)(H,79,85)(H,80,86)/t49-,50-,51+,52+. The molecule has 4 aliphatic rings. The van der Waals surface area contributed by atoms with E-state index < -0.39 is 11.8 Å². The van der Waals surface area contributed by atoms with E-state index in [1.165, 1.54) is 26.4 Å². The summed E-state index contributed by atoms with van der Waals surface area (Å²) in [4.78, 5) is 89.6. The van der Waals surface area contributed by atoms with E-state index in [9.17, 15) is 28.8 Å². The highest BCUT2D eigenvalue weighted by Crippen LogP contribution is 2.36. The van der Waals surface area contributed by atoms with Crippen molar-refractivity contribution >= 4 is 35.4 Å². The second kappa shape index (κ2) is 39.8. The highest BCUT2D eigenvalue weighted by atomic mass is 16.5. The van der Waals surface area contributed by atoms with Gasteiger partial charge in [-0.05, 0) is 223 Å². The van der Waals surface area contributed by atoms with Crippen molar-refractivity contribution < 1.29 is 57.2 Å². The lowest BCUT2D eigenvalue weighted by Crippen LogP contribution is -2.44. The molecule has 24 heteroatoms. The lowest BCUT2D eigenvalue weighted by atomic mass is 9.90. The zero-order valence-corrected chi connectivity index (χ0v) is 56.1. The molecule has 7 rings (SSSR count). The first kappa shape index (κ1) is 74.4. The molecule has 0 radical (unpaired) electrons. The van der Waals surface area contributed by atoms with Crippen molar-refractivity contribution in [1.82, 2.24) is 31.1 Å². The van der Waals surface area contributed by atoms with E-state index in [1.807, 2.05) is 9.80 Å². The van der Waals surface area contributed by atoms with Crippen molar-refractivity contribution in [3.63, 3.8) is 0 Å². The van der Waals surface area contributed by atoms with Crippen molar-refractivity contribution in [3.05, 3.63) is 69.8 Å². The smallest absolute Gasteiger partial charge is 0.257 e. The SMILES string of the molecule is COc1cc(OC)c(C(=O)N[C@H]2CC[C@@H](NC(=O)c3cc(C(=O)N4CCC(CN)CC4)c(OCCCCCN)cc3OCCCCCN)CC2)cc1C(=O)N[C@H]1CC[C@@H](NC(=O)c2cc(C(=O)N3CCC(CN)CC3)c(OCCCCCN)cc2OCCCCCN)CC1. The minimum Gasteiger partial charge on any atom is -0.496 e. The number of nitrogens with zero attached hydrogens (tertiary/aromatic N) is 2. The van der Waals surface area contributed by atoms with Gasteiger partial charge in [0.2, 0.25) is 0 Å². The summed E-state index contributed by atoms with van der Waals surface area (Å²) in [6, 6.07) is 8.66. The summed E-state index contributed by atoms with van der Waals surface area (Å²) in [5.41, 5.74) is 36.4. The maximum atomic E-state index is 14.4. The Morgan fingerprint density at radius 2 is 0.585 bits per heavy atom. The first-order valence-electron chi connectivity index (χ1n) is 34.9. The number of ether oxygens (including phenoxy) is 6. The molecule has 2 aliphatic carbocycles. The van der Waals surface area contributed by atoms with Crippen molar-refractivity contribution in [2.24, 2.45) is 46.2 Å². The van der Waals surface area contributed by atoms with Crippen LogP contribution in [-0.2, 0) is 0 Å². The molecule has 3 aromatic rings. The van der Waals surface area contributed by atoms with Crippen LogP contribution in [-0.4, -0.2) is 176 Å². The van der Waals surface area contributed by atoms with Crippen LogP contribution in [0.1, 0.15) is 216 Å². The van der Waals surface area contributed by atoms with Gasteiger partial charge in [0.25, 0.3) is 35.4 Å². The summed E-state index contributed by atoms with van der Waals surface area (Å²) in [5, 5.41) is 12.7. The normalized spacial score (nSPS) is 18.6. The Morgan fingerprint density at radius 3 is 0.840 bits per heavy atom. The average molecular weight is 1310 g/mol. The van der Waals surface area contributed by atoms with Crippen LogP contribution in [0.3, 0.4) is 0 Å². The number of rotatable bonds is 38. The highest BCUT2D eigenvalue weighted by Gasteiger charge is 2.34. The molecule has 6 amide bonds. The first-order chi connectivity index (χ1) is 45.8. The fraction of sp³-hybridized carbons (Fsp3) is 0.657. The summed E-state index contributed by atoms with van der Waals surface area (Å²) in [6.45, 7) is 7.08. The average Bonchev–Trinajstić information content (AvgIpc) is 0.824. The predicted octanol–water partition coefficient (Wildman–Crippen LogP) is 6.30. The third-order valence-electron chi connectivity index (χ3n) is 18.8. The topological polar surface area (TPSA) is 369 Å². The second-order valence-electron chi connectivity index (χ2n) is 25.7. The number of nitrogens with one attached hydrogen (secondary N) is 4. The largest absolute Gasteiger partial charge is 0.496 e. The molecule has 94 heavy (non-hydrogen) atoms. The number of methoxy groups -OCH3 is 2. The van der Waals surface area contributed by atoms with E-state index in [1.54, 1.807) is 24.3 Å². The van der Waals surface area contributed by atoms with E-state index in [0.717, 1.165) is 103 Å². The summed E-state index contributed by atoms with van der Waals surface area (Å²) in [6.07, 6.45) is 17.4. The molecular weight excluding hydrogens is 1200 g/mol. The molecule has 522 valence electrons. The van der Waals surface area contributed by atoms with Crippen LogP contribution in [0.15, 0.2) is 36.4 Å². The summed E-state index contributed by atoms with van der Waals surface area (Å²) in [7, 11) is 2.90. The quantitative estimate of drug-likeness (QED) is 0.0281. The Kier molecular flexibility index (Phi) is 31.5.